The number of aromatic nitrogens is 1. The molecule has 0 aliphatic heterocycles. The van der Waals surface area contributed by atoms with Crippen molar-refractivity contribution in [2.45, 2.75) is 0 Å². The van der Waals surface area contributed by atoms with E-state index in [4.69, 9.17) is 4.42 Å². The lowest BCUT2D eigenvalue weighted by Crippen LogP contribution is -1.74. The first-order valence-corrected chi connectivity index (χ1v) is 6.76. The van der Waals surface area contributed by atoms with Gasteiger partial charge in [-0.2, -0.15) is 0 Å². The van der Waals surface area contributed by atoms with Gasteiger partial charge in [-0.15, -0.1) is 0 Å². The third-order valence-electron chi connectivity index (χ3n) is 3.24. The van der Waals surface area contributed by atoms with Gasteiger partial charge in [0, 0.05) is 0 Å². The number of hydrogen-bond acceptors (Lipinski definition) is 2. The van der Waals surface area contributed by atoms with E-state index < -0.39 is 0 Å². The second-order valence-corrected chi connectivity index (χ2v) is 4.62. The van der Waals surface area contributed by atoms with E-state index in [-0.39, 0.29) is 0 Å². The van der Waals surface area contributed by atoms with E-state index in [0.717, 1.165) is 0 Å². The van der Waals surface area contributed by atoms with Gasteiger partial charge in [0.15, 0.2) is 0 Å². The van der Waals surface area contributed by atoms with Crippen molar-refractivity contribution in [1.29, 1.82) is 0 Å². The van der Waals surface area contributed by atoms with Crippen molar-refractivity contribution in [2.75, 3.05) is 0 Å². The molecule has 0 saturated carbocycles. The quantitative estimate of drug-likeness (QED) is 0.439. The average molecular weight is 273 g/mol. The minimum Gasteiger partial charge on any atom is -0.445 e. The summed E-state index contributed by atoms with van der Waals surface area (Å²) in [7, 11) is 0. The van der Waals surface area contributed by atoms with Crippen LogP contribution >= 0.6 is 0 Å². The van der Waals surface area contributed by atoms with Crippen molar-refractivity contribution in [3.05, 3.63) is 85.6 Å². The smallest absolute Gasteiger partial charge is 0.217 e. The highest BCUT2D eigenvalue weighted by molar-refractivity contribution is 5.98. The summed E-state index contributed by atoms with van der Waals surface area (Å²) in [4.78, 5) is 3.75. The van der Waals surface area contributed by atoms with Crippen LogP contribution in [0.5, 0.6) is 0 Å². The molecular formula is C19H15NO. The van der Waals surface area contributed by atoms with Crippen LogP contribution < -0.4 is 0 Å². The summed E-state index contributed by atoms with van der Waals surface area (Å²) in [6.45, 7) is 3.45. The largest absolute Gasteiger partial charge is 0.445 e. The number of oxazole rings is 1. The van der Waals surface area contributed by atoms with Crippen LogP contribution in [-0.4, -0.2) is 4.98 Å². The Labute approximate surface area is 123 Å². The van der Waals surface area contributed by atoms with Gasteiger partial charge < -0.3 is 4.42 Å². The number of rotatable bonds is 1. The molecule has 102 valence electrons. The van der Waals surface area contributed by atoms with Gasteiger partial charge in [-0.05, 0) is 39.8 Å². The van der Waals surface area contributed by atoms with Crippen LogP contribution in [0.15, 0.2) is 84.1 Å². The van der Waals surface area contributed by atoms with Gasteiger partial charge in [-0.1, -0.05) is 55.1 Å². The van der Waals surface area contributed by atoms with Gasteiger partial charge in [0.25, 0.3) is 0 Å². The first-order valence-electron chi connectivity index (χ1n) is 6.76. The Bertz CT molecular complexity index is 758. The number of nitrogens with zero attached hydrogens (tertiary/aromatic N) is 1. The maximum Gasteiger partial charge on any atom is 0.217 e. The van der Waals surface area contributed by atoms with Crippen LogP contribution in [0.25, 0.3) is 27.6 Å². The molecule has 21 heavy (non-hydrogen) atoms. The molecule has 0 fully saturated rings. The Morgan fingerprint density at radius 1 is 0.810 bits per heavy atom. The molecule has 0 aliphatic carbocycles. The van der Waals surface area contributed by atoms with E-state index >= 15 is 0 Å². The topological polar surface area (TPSA) is 26.0 Å². The third kappa shape index (κ3) is 3.00. The monoisotopic (exact) mass is 273 g/mol. The lowest BCUT2D eigenvalue weighted by molar-refractivity contribution is 0.546. The predicted molar refractivity (Wildman–Crippen MR) is 88.0 cm³/mol. The van der Waals surface area contributed by atoms with E-state index in [1.54, 1.807) is 12.3 Å². The molecule has 1 heterocycles. The molecule has 0 atom stereocenters. The summed E-state index contributed by atoms with van der Waals surface area (Å²) >= 11 is 0. The van der Waals surface area contributed by atoms with Gasteiger partial charge in [0.1, 0.15) is 6.26 Å². The minimum atomic E-state index is 0.569. The first-order chi connectivity index (χ1) is 10.4. The summed E-state index contributed by atoms with van der Waals surface area (Å²) in [6, 6.07) is 21.4. The summed E-state index contributed by atoms with van der Waals surface area (Å²) in [5.41, 5.74) is 0. The first kappa shape index (κ1) is 13.1. The summed E-state index contributed by atoms with van der Waals surface area (Å²) in [5.74, 6) is 0.569. The zero-order chi connectivity index (χ0) is 14.5. The van der Waals surface area contributed by atoms with Gasteiger partial charge in [-0.3, -0.25) is 0 Å². The summed E-state index contributed by atoms with van der Waals surface area (Å²) in [5, 5.41) is 5.25. The highest BCUT2D eigenvalue weighted by Gasteiger charge is 1.95. The second kappa shape index (κ2) is 6.06. The molecule has 0 spiro atoms. The van der Waals surface area contributed by atoms with Gasteiger partial charge in [0.2, 0.25) is 5.89 Å². The molecule has 4 rings (SSSR count). The van der Waals surface area contributed by atoms with Crippen LogP contribution in [0.1, 0.15) is 5.89 Å². The molecule has 0 N–H and O–H groups in total. The Kier molecular flexibility index (Phi) is 3.79. The Hall–Kier alpha value is -2.87. The maximum absolute atomic E-state index is 4.75. The standard InChI is InChI=1S/C14H10.C5H5NO/c1-2-6-12-10-14-8-4-3-7-13(14)9-11(12)5-1;1-2-5-6-3-4-7-5/h1-10H;2-4H,1H2. The zero-order valence-electron chi connectivity index (χ0n) is 11.6. The van der Waals surface area contributed by atoms with Crippen molar-refractivity contribution in [3.63, 3.8) is 0 Å². The molecule has 0 unspecified atom stereocenters. The molecular weight excluding hydrogens is 258 g/mol. The fourth-order valence-electron chi connectivity index (χ4n) is 2.22. The maximum atomic E-state index is 4.75. The Morgan fingerprint density at radius 2 is 1.29 bits per heavy atom. The third-order valence-corrected chi connectivity index (χ3v) is 3.24. The molecule has 0 aliphatic rings. The summed E-state index contributed by atoms with van der Waals surface area (Å²) < 4.78 is 4.75. The fraction of sp³-hybridized carbons (Fsp3) is 0. The van der Waals surface area contributed by atoms with Crippen molar-refractivity contribution in [2.24, 2.45) is 0 Å². The van der Waals surface area contributed by atoms with Crippen molar-refractivity contribution < 1.29 is 4.42 Å². The van der Waals surface area contributed by atoms with Crippen LogP contribution in [-0.2, 0) is 0 Å². The van der Waals surface area contributed by atoms with Crippen molar-refractivity contribution in [1.82, 2.24) is 4.98 Å². The number of hydrogen-bond donors (Lipinski definition) is 0. The second-order valence-electron chi connectivity index (χ2n) is 4.62. The van der Waals surface area contributed by atoms with Crippen molar-refractivity contribution >= 4 is 27.6 Å². The molecule has 4 aromatic rings. The van der Waals surface area contributed by atoms with E-state index in [0.29, 0.717) is 5.89 Å². The highest BCUT2D eigenvalue weighted by atomic mass is 16.3. The molecule has 0 radical (unpaired) electrons. The molecule has 2 heteroatoms. The minimum absolute atomic E-state index is 0.569. The van der Waals surface area contributed by atoms with E-state index in [1.165, 1.54) is 27.8 Å². The highest BCUT2D eigenvalue weighted by Crippen LogP contribution is 2.21. The molecule has 1 aromatic heterocycles. The van der Waals surface area contributed by atoms with Gasteiger partial charge in [0.05, 0.1) is 6.20 Å². The van der Waals surface area contributed by atoms with Gasteiger partial charge in [-0.25, -0.2) is 4.98 Å². The Morgan fingerprint density at radius 3 is 1.57 bits per heavy atom. The SMILES string of the molecule is C=Cc1ncco1.c1ccc2cc3ccccc3cc2c1. The lowest BCUT2D eigenvalue weighted by Gasteiger charge is -2.00. The summed E-state index contributed by atoms with van der Waals surface area (Å²) in [6.07, 6.45) is 4.65. The van der Waals surface area contributed by atoms with Crippen LogP contribution in [0.3, 0.4) is 0 Å². The normalized spacial score (nSPS) is 10.1. The lowest BCUT2D eigenvalue weighted by atomic mass is 10.0. The van der Waals surface area contributed by atoms with Crippen LogP contribution in [0.2, 0.25) is 0 Å². The number of benzene rings is 3. The Balaban J connectivity index is 0.000000160. The predicted octanol–water partition coefficient (Wildman–Crippen LogP) is 5.31. The van der Waals surface area contributed by atoms with E-state index in [2.05, 4.69) is 72.2 Å². The van der Waals surface area contributed by atoms with Gasteiger partial charge >= 0.3 is 0 Å². The fourth-order valence-corrected chi connectivity index (χ4v) is 2.22. The molecule has 0 amide bonds. The molecule has 3 aromatic carbocycles. The average Bonchev–Trinajstić information content (AvgIpc) is 3.07. The molecule has 2 nitrogen and oxygen atoms in total. The molecule has 0 saturated heterocycles. The van der Waals surface area contributed by atoms with E-state index in [1.807, 2.05) is 0 Å². The zero-order valence-corrected chi connectivity index (χ0v) is 11.6. The number of fused-ring (bicyclic) bond motifs is 2. The molecule has 0 bridgehead atoms. The van der Waals surface area contributed by atoms with Crippen LogP contribution in [0.4, 0.5) is 0 Å². The van der Waals surface area contributed by atoms with Crippen molar-refractivity contribution in [3.8, 4) is 0 Å². The van der Waals surface area contributed by atoms with Crippen LogP contribution in [0, 0.1) is 0 Å². The van der Waals surface area contributed by atoms with E-state index in [9.17, 15) is 0 Å².